The molecule has 2 heterocycles. The average Bonchev–Trinajstić information content (AvgIpc) is 2.92. The van der Waals surface area contributed by atoms with Gasteiger partial charge >= 0.3 is 5.97 Å². The molecule has 0 saturated carbocycles. The van der Waals surface area contributed by atoms with Crippen LogP contribution in [-0.4, -0.2) is 21.6 Å². The Hall–Kier alpha value is -2.83. The van der Waals surface area contributed by atoms with Crippen molar-refractivity contribution in [3.8, 4) is 0 Å². The van der Waals surface area contributed by atoms with Gasteiger partial charge in [0.15, 0.2) is 5.76 Å². The molecule has 2 aromatic heterocycles. The molecule has 0 aliphatic rings. The third-order valence-electron chi connectivity index (χ3n) is 3.30. The Kier molecular flexibility index (Phi) is 4.16. The number of anilines is 1. The summed E-state index contributed by atoms with van der Waals surface area (Å²) < 4.78 is 6.61. The lowest BCUT2D eigenvalue weighted by Crippen LogP contribution is -2.24. The van der Waals surface area contributed by atoms with Gasteiger partial charge in [0.2, 0.25) is 0 Å². The summed E-state index contributed by atoms with van der Waals surface area (Å²) in [7, 11) is 1.57. The molecule has 0 atom stereocenters. The molecule has 0 aliphatic carbocycles. The number of carbonyl (C=O) groups is 2. The Morgan fingerprint density at radius 3 is 2.64 bits per heavy atom. The number of aryl methyl sites for hydroxylation is 3. The van der Waals surface area contributed by atoms with E-state index in [2.05, 4.69) is 5.32 Å². The highest BCUT2D eigenvalue weighted by molar-refractivity contribution is 6.04. The Balaban J connectivity index is 2.37. The molecule has 0 aromatic carbocycles. The number of aromatic nitrogens is 1. The van der Waals surface area contributed by atoms with Crippen LogP contribution in [0.15, 0.2) is 27.5 Å². The van der Waals surface area contributed by atoms with Crippen LogP contribution in [0, 0.1) is 6.92 Å². The summed E-state index contributed by atoms with van der Waals surface area (Å²) >= 11 is 0. The lowest BCUT2D eigenvalue weighted by Gasteiger charge is -2.07. The van der Waals surface area contributed by atoms with Crippen molar-refractivity contribution >= 4 is 17.6 Å². The van der Waals surface area contributed by atoms with Gasteiger partial charge in [-0.25, -0.2) is 4.79 Å². The molecule has 2 aromatic rings. The number of pyridine rings is 1. The molecule has 0 bridgehead atoms. The molecule has 0 aliphatic heterocycles. The summed E-state index contributed by atoms with van der Waals surface area (Å²) in [6.07, 6.45) is 1.94. The zero-order valence-electron chi connectivity index (χ0n) is 12.5. The first kappa shape index (κ1) is 15.6. The van der Waals surface area contributed by atoms with Gasteiger partial charge in [-0.05, 0) is 18.6 Å². The fourth-order valence-electron chi connectivity index (χ4n) is 2.03. The summed E-state index contributed by atoms with van der Waals surface area (Å²) in [6, 6.07) is 2.86. The molecule has 7 nitrogen and oxygen atoms in total. The van der Waals surface area contributed by atoms with E-state index in [0.29, 0.717) is 12.0 Å². The van der Waals surface area contributed by atoms with Crippen molar-refractivity contribution in [1.29, 1.82) is 0 Å². The van der Waals surface area contributed by atoms with E-state index in [1.54, 1.807) is 33.2 Å². The first-order valence-electron chi connectivity index (χ1n) is 6.68. The lowest BCUT2D eigenvalue weighted by atomic mass is 10.2. The number of aromatic carboxylic acids is 1. The number of nitrogens with zero attached hydrogens (tertiary/aromatic N) is 1. The van der Waals surface area contributed by atoms with Gasteiger partial charge in [0, 0.05) is 25.7 Å². The van der Waals surface area contributed by atoms with Crippen molar-refractivity contribution in [2.24, 2.45) is 7.05 Å². The molecular formula is C15H16N2O5. The van der Waals surface area contributed by atoms with E-state index in [0.717, 1.165) is 0 Å². The Bertz CT molecular complexity index is 801. The second kappa shape index (κ2) is 5.88. The highest BCUT2D eigenvalue weighted by Crippen LogP contribution is 2.18. The molecule has 2 N–H and O–H groups in total. The van der Waals surface area contributed by atoms with Crippen molar-refractivity contribution in [1.82, 2.24) is 4.57 Å². The molecular weight excluding hydrogens is 288 g/mol. The molecule has 0 unspecified atom stereocenters. The number of rotatable bonds is 4. The van der Waals surface area contributed by atoms with Crippen LogP contribution < -0.4 is 10.9 Å². The molecule has 0 saturated heterocycles. The maximum Gasteiger partial charge on any atom is 0.339 e. The van der Waals surface area contributed by atoms with Crippen molar-refractivity contribution in [3.63, 3.8) is 0 Å². The minimum atomic E-state index is -1.16. The van der Waals surface area contributed by atoms with E-state index >= 15 is 0 Å². The second-order valence-electron chi connectivity index (χ2n) is 4.85. The minimum Gasteiger partial charge on any atom is -0.478 e. The van der Waals surface area contributed by atoms with Crippen molar-refractivity contribution in [3.05, 3.63) is 51.3 Å². The molecule has 1 amide bonds. The van der Waals surface area contributed by atoms with Crippen LogP contribution in [0.3, 0.4) is 0 Å². The molecule has 0 fully saturated rings. The normalized spacial score (nSPS) is 10.5. The van der Waals surface area contributed by atoms with Crippen LogP contribution >= 0.6 is 0 Å². The fraction of sp³-hybridized carbons (Fsp3) is 0.267. The quantitative estimate of drug-likeness (QED) is 0.896. The van der Waals surface area contributed by atoms with Crippen molar-refractivity contribution in [2.45, 2.75) is 20.3 Å². The SMILES string of the molecule is CCc1oc(C(=O)Nc2c(C)ccn(C)c2=O)cc1C(=O)O. The Labute approximate surface area is 126 Å². The van der Waals surface area contributed by atoms with E-state index in [1.165, 1.54) is 10.6 Å². The van der Waals surface area contributed by atoms with Gasteiger partial charge in [-0.3, -0.25) is 9.59 Å². The molecule has 0 radical (unpaired) electrons. The fourth-order valence-corrected chi connectivity index (χ4v) is 2.03. The first-order chi connectivity index (χ1) is 10.3. The van der Waals surface area contributed by atoms with Crippen molar-refractivity contribution in [2.75, 3.05) is 5.32 Å². The highest BCUT2D eigenvalue weighted by atomic mass is 16.4. The van der Waals surface area contributed by atoms with Gasteiger partial charge < -0.3 is 19.4 Å². The van der Waals surface area contributed by atoms with Crippen molar-refractivity contribution < 1.29 is 19.1 Å². The van der Waals surface area contributed by atoms with Gasteiger partial charge in [0.1, 0.15) is 17.0 Å². The van der Waals surface area contributed by atoms with Crippen LogP contribution in [0.2, 0.25) is 0 Å². The van der Waals surface area contributed by atoms with Crippen LogP contribution in [0.4, 0.5) is 5.69 Å². The van der Waals surface area contributed by atoms with E-state index in [4.69, 9.17) is 9.52 Å². The molecule has 22 heavy (non-hydrogen) atoms. The van der Waals surface area contributed by atoms with Gasteiger partial charge in [-0.2, -0.15) is 0 Å². The summed E-state index contributed by atoms with van der Waals surface area (Å²) in [6.45, 7) is 3.42. The standard InChI is InChI=1S/C15H16N2O5/c1-4-10-9(15(20)21)7-11(22-10)13(18)16-12-8(2)5-6-17(3)14(12)19/h5-7H,4H2,1-3H3,(H,16,18)(H,20,21). The maximum atomic E-state index is 12.2. The predicted molar refractivity (Wildman–Crippen MR) is 79.4 cm³/mol. The smallest absolute Gasteiger partial charge is 0.339 e. The van der Waals surface area contributed by atoms with Gasteiger partial charge in [-0.15, -0.1) is 0 Å². The van der Waals surface area contributed by atoms with E-state index in [9.17, 15) is 14.4 Å². The van der Waals surface area contributed by atoms with Crippen LogP contribution in [0.5, 0.6) is 0 Å². The van der Waals surface area contributed by atoms with Crippen LogP contribution in [0.1, 0.15) is 39.2 Å². The second-order valence-corrected chi connectivity index (χ2v) is 4.85. The number of carboxylic acid groups (broad SMARTS) is 1. The molecule has 7 heteroatoms. The maximum absolute atomic E-state index is 12.2. The highest BCUT2D eigenvalue weighted by Gasteiger charge is 2.21. The molecule has 116 valence electrons. The number of nitrogens with one attached hydrogen (secondary N) is 1. The summed E-state index contributed by atoms with van der Waals surface area (Å²) in [5, 5.41) is 11.5. The monoisotopic (exact) mass is 304 g/mol. The number of hydrogen-bond acceptors (Lipinski definition) is 4. The number of furan rings is 1. The third kappa shape index (κ3) is 2.78. The number of amides is 1. The minimum absolute atomic E-state index is 0.0506. The average molecular weight is 304 g/mol. The number of hydrogen-bond donors (Lipinski definition) is 2. The zero-order chi connectivity index (χ0) is 16.4. The summed E-state index contributed by atoms with van der Waals surface area (Å²) in [4.78, 5) is 35.3. The van der Waals surface area contributed by atoms with Gasteiger partial charge in [-0.1, -0.05) is 6.92 Å². The van der Waals surface area contributed by atoms with E-state index < -0.39 is 11.9 Å². The number of carbonyl (C=O) groups excluding carboxylic acids is 1. The largest absolute Gasteiger partial charge is 0.478 e. The lowest BCUT2D eigenvalue weighted by molar-refractivity contribution is 0.0694. The first-order valence-corrected chi connectivity index (χ1v) is 6.68. The van der Waals surface area contributed by atoms with E-state index in [1.807, 2.05) is 0 Å². The number of carboxylic acids is 1. The van der Waals surface area contributed by atoms with E-state index in [-0.39, 0.29) is 28.3 Å². The molecule has 2 rings (SSSR count). The zero-order valence-corrected chi connectivity index (χ0v) is 12.5. The van der Waals surface area contributed by atoms with Gasteiger partial charge in [0.05, 0.1) is 0 Å². The third-order valence-corrected chi connectivity index (χ3v) is 3.30. The Morgan fingerprint density at radius 2 is 2.09 bits per heavy atom. The van der Waals surface area contributed by atoms with Crippen LogP contribution in [0.25, 0.3) is 0 Å². The topological polar surface area (TPSA) is 102 Å². The predicted octanol–water partition coefficient (Wildman–Crippen LogP) is 1.80. The Morgan fingerprint density at radius 1 is 1.41 bits per heavy atom. The summed E-state index contributed by atoms with van der Waals surface area (Å²) in [5.41, 5.74) is 0.345. The summed E-state index contributed by atoms with van der Waals surface area (Å²) in [5.74, 6) is -1.74. The van der Waals surface area contributed by atoms with Crippen LogP contribution in [-0.2, 0) is 13.5 Å². The van der Waals surface area contributed by atoms with Gasteiger partial charge in [0.25, 0.3) is 11.5 Å². The molecule has 0 spiro atoms.